The SMILES string of the molecule is CCNC(=NCC(C)c1cccc(C)c1)NCC(O)c1cccc(OC)c1. The van der Waals surface area contributed by atoms with Crippen molar-refractivity contribution < 1.29 is 9.84 Å². The van der Waals surface area contributed by atoms with Crippen molar-refractivity contribution in [3.05, 3.63) is 65.2 Å². The van der Waals surface area contributed by atoms with Gasteiger partial charge in [-0.3, -0.25) is 4.99 Å². The minimum absolute atomic E-state index is 0.323. The molecule has 0 spiro atoms. The van der Waals surface area contributed by atoms with Crippen LogP contribution in [0.1, 0.15) is 42.6 Å². The van der Waals surface area contributed by atoms with E-state index in [1.165, 1.54) is 11.1 Å². The summed E-state index contributed by atoms with van der Waals surface area (Å²) in [6.07, 6.45) is -0.641. The third-order valence-corrected chi connectivity index (χ3v) is 4.42. The molecule has 0 saturated heterocycles. The van der Waals surface area contributed by atoms with E-state index >= 15 is 0 Å². The van der Waals surface area contributed by atoms with E-state index in [1.807, 2.05) is 31.2 Å². The molecule has 146 valence electrons. The number of ether oxygens (including phenoxy) is 1. The van der Waals surface area contributed by atoms with Gasteiger partial charge in [0.2, 0.25) is 0 Å². The Morgan fingerprint density at radius 2 is 1.85 bits per heavy atom. The predicted molar refractivity (Wildman–Crippen MR) is 112 cm³/mol. The van der Waals surface area contributed by atoms with E-state index in [1.54, 1.807) is 7.11 Å². The molecule has 0 bridgehead atoms. The van der Waals surface area contributed by atoms with Crippen molar-refractivity contribution in [3.8, 4) is 5.75 Å². The van der Waals surface area contributed by atoms with Crippen molar-refractivity contribution in [2.24, 2.45) is 4.99 Å². The molecular formula is C22H31N3O2. The van der Waals surface area contributed by atoms with E-state index in [0.717, 1.165) is 17.9 Å². The normalized spacial score (nSPS) is 13.7. The largest absolute Gasteiger partial charge is 0.497 e. The molecule has 0 radical (unpaired) electrons. The quantitative estimate of drug-likeness (QED) is 0.493. The third kappa shape index (κ3) is 6.61. The molecule has 2 aromatic rings. The molecular weight excluding hydrogens is 338 g/mol. The number of aliphatic hydroxyl groups is 1. The molecule has 2 rings (SSSR count). The molecule has 0 aliphatic carbocycles. The second-order valence-corrected chi connectivity index (χ2v) is 6.71. The fraction of sp³-hybridized carbons (Fsp3) is 0.409. The number of aryl methyl sites for hydroxylation is 1. The van der Waals surface area contributed by atoms with Gasteiger partial charge in [-0.25, -0.2) is 0 Å². The summed E-state index contributed by atoms with van der Waals surface area (Å²) in [5.41, 5.74) is 3.35. The number of methoxy groups -OCH3 is 1. The summed E-state index contributed by atoms with van der Waals surface area (Å²) in [7, 11) is 1.62. The zero-order chi connectivity index (χ0) is 19.6. The highest BCUT2D eigenvalue weighted by Crippen LogP contribution is 2.19. The summed E-state index contributed by atoms with van der Waals surface area (Å²) in [6.45, 7) is 8.11. The van der Waals surface area contributed by atoms with Gasteiger partial charge in [-0.05, 0) is 37.1 Å². The van der Waals surface area contributed by atoms with Crippen LogP contribution in [0.5, 0.6) is 5.75 Å². The average Bonchev–Trinajstić information content (AvgIpc) is 2.69. The average molecular weight is 370 g/mol. The van der Waals surface area contributed by atoms with Crippen LogP contribution >= 0.6 is 0 Å². The third-order valence-electron chi connectivity index (χ3n) is 4.42. The van der Waals surface area contributed by atoms with Crippen LogP contribution < -0.4 is 15.4 Å². The molecule has 0 fully saturated rings. The fourth-order valence-corrected chi connectivity index (χ4v) is 2.81. The maximum Gasteiger partial charge on any atom is 0.191 e. The summed E-state index contributed by atoms with van der Waals surface area (Å²) in [5.74, 6) is 1.77. The molecule has 5 heteroatoms. The van der Waals surface area contributed by atoms with Crippen molar-refractivity contribution in [1.82, 2.24) is 10.6 Å². The van der Waals surface area contributed by atoms with Crippen LogP contribution in [0.4, 0.5) is 0 Å². The van der Waals surface area contributed by atoms with Gasteiger partial charge >= 0.3 is 0 Å². The van der Waals surface area contributed by atoms with Gasteiger partial charge in [-0.15, -0.1) is 0 Å². The molecule has 2 atom stereocenters. The van der Waals surface area contributed by atoms with E-state index < -0.39 is 6.10 Å². The van der Waals surface area contributed by atoms with Crippen LogP contribution in [0, 0.1) is 6.92 Å². The van der Waals surface area contributed by atoms with Gasteiger partial charge in [0, 0.05) is 25.6 Å². The van der Waals surface area contributed by atoms with Crippen molar-refractivity contribution in [2.75, 3.05) is 26.7 Å². The Morgan fingerprint density at radius 1 is 1.11 bits per heavy atom. The Balaban J connectivity index is 1.96. The summed E-state index contributed by atoms with van der Waals surface area (Å²) >= 11 is 0. The molecule has 3 N–H and O–H groups in total. The fourth-order valence-electron chi connectivity index (χ4n) is 2.81. The highest BCUT2D eigenvalue weighted by atomic mass is 16.5. The summed E-state index contributed by atoms with van der Waals surface area (Å²) in [5, 5.41) is 16.9. The maximum absolute atomic E-state index is 10.4. The van der Waals surface area contributed by atoms with Crippen molar-refractivity contribution >= 4 is 5.96 Å². The minimum Gasteiger partial charge on any atom is -0.497 e. The number of hydrogen-bond donors (Lipinski definition) is 3. The minimum atomic E-state index is -0.641. The number of benzene rings is 2. The van der Waals surface area contributed by atoms with Crippen LogP contribution in [0.2, 0.25) is 0 Å². The first-order chi connectivity index (χ1) is 13.0. The lowest BCUT2D eigenvalue weighted by atomic mass is 10.00. The molecule has 2 aromatic carbocycles. The molecule has 0 heterocycles. The number of aliphatic imine (C=N–C) groups is 1. The van der Waals surface area contributed by atoms with Gasteiger partial charge in [0.05, 0.1) is 13.2 Å². The molecule has 5 nitrogen and oxygen atoms in total. The van der Waals surface area contributed by atoms with Crippen LogP contribution in [0.3, 0.4) is 0 Å². The summed E-state index contributed by atoms with van der Waals surface area (Å²) in [4.78, 5) is 4.68. The number of nitrogens with zero attached hydrogens (tertiary/aromatic N) is 1. The van der Waals surface area contributed by atoms with Gasteiger partial charge in [-0.1, -0.05) is 48.9 Å². The molecule has 0 aromatic heterocycles. The Morgan fingerprint density at radius 3 is 2.56 bits per heavy atom. The highest BCUT2D eigenvalue weighted by Gasteiger charge is 2.10. The second-order valence-electron chi connectivity index (χ2n) is 6.71. The first-order valence-electron chi connectivity index (χ1n) is 9.44. The first-order valence-corrected chi connectivity index (χ1v) is 9.44. The lowest BCUT2D eigenvalue weighted by Gasteiger charge is -2.17. The lowest BCUT2D eigenvalue weighted by molar-refractivity contribution is 0.180. The van der Waals surface area contributed by atoms with Crippen molar-refractivity contribution in [1.29, 1.82) is 0 Å². The monoisotopic (exact) mass is 369 g/mol. The molecule has 2 unspecified atom stereocenters. The standard InChI is InChI=1S/C22H31N3O2/c1-5-23-22(24-14-17(3)18-9-6-8-16(2)12-18)25-15-21(26)19-10-7-11-20(13-19)27-4/h6-13,17,21,26H,5,14-15H2,1-4H3,(H2,23,24,25). The Hall–Kier alpha value is -2.53. The van der Waals surface area contributed by atoms with Crippen LogP contribution in [0.25, 0.3) is 0 Å². The van der Waals surface area contributed by atoms with Crippen LogP contribution in [-0.2, 0) is 0 Å². The first kappa shape index (κ1) is 20.8. The zero-order valence-corrected chi connectivity index (χ0v) is 16.7. The van der Waals surface area contributed by atoms with Crippen molar-refractivity contribution in [3.63, 3.8) is 0 Å². The number of rotatable bonds is 8. The lowest BCUT2D eigenvalue weighted by Crippen LogP contribution is -2.39. The van der Waals surface area contributed by atoms with Crippen LogP contribution in [0.15, 0.2) is 53.5 Å². The number of aliphatic hydroxyl groups excluding tert-OH is 1. The topological polar surface area (TPSA) is 65.9 Å². The smallest absolute Gasteiger partial charge is 0.191 e. The number of guanidine groups is 1. The molecule has 27 heavy (non-hydrogen) atoms. The number of hydrogen-bond acceptors (Lipinski definition) is 3. The molecule has 0 saturated carbocycles. The summed E-state index contributed by atoms with van der Waals surface area (Å²) in [6, 6.07) is 16.0. The predicted octanol–water partition coefficient (Wildman–Crippen LogP) is 3.40. The Labute approximate surface area is 162 Å². The van der Waals surface area contributed by atoms with Gasteiger partial charge in [0.1, 0.15) is 5.75 Å². The van der Waals surface area contributed by atoms with E-state index in [0.29, 0.717) is 25.0 Å². The molecule has 0 aliphatic heterocycles. The Kier molecular flexibility index (Phi) is 8.14. The van der Waals surface area contributed by atoms with E-state index in [9.17, 15) is 5.11 Å². The van der Waals surface area contributed by atoms with Gasteiger partial charge in [0.25, 0.3) is 0 Å². The van der Waals surface area contributed by atoms with E-state index in [4.69, 9.17) is 4.74 Å². The van der Waals surface area contributed by atoms with E-state index in [2.05, 4.69) is 53.7 Å². The Bertz CT molecular complexity index is 746. The zero-order valence-electron chi connectivity index (χ0n) is 16.7. The second kappa shape index (κ2) is 10.6. The van der Waals surface area contributed by atoms with E-state index in [-0.39, 0.29) is 0 Å². The molecule has 0 aliphatic rings. The number of nitrogens with one attached hydrogen (secondary N) is 2. The summed E-state index contributed by atoms with van der Waals surface area (Å²) < 4.78 is 5.22. The highest BCUT2D eigenvalue weighted by molar-refractivity contribution is 5.79. The molecule has 0 amide bonds. The van der Waals surface area contributed by atoms with Gasteiger partial charge in [-0.2, -0.15) is 0 Å². The van der Waals surface area contributed by atoms with Gasteiger partial charge < -0.3 is 20.5 Å². The van der Waals surface area contributed by atoms with Crippen molar-refractivity contribution in [2.45, 2.75) is 32.8 Å². The van der Waals surface area contributed by atoms with Crippen LogP contribution in [-0.4, -0.2) is 37.8 Å². The maximum atomic E-state index is 10.4. The van der Waals surface area contributed by atoms with Gasteiger partial charge in [0.15, 0.2) is 5.96 Å².